The first-order chi connectivity index (χ1) is 27.9. The second-order valence-electron chi connectivity index (χ2n) is 14.0. The van der Waals surface area contributed by atoms with E-state index >= 15 is 0 Å². The number of aliphatic hydroxyl groups is 2. The highest BCUT2D eigenvalue weighted by atomic mass is 31.2. The van der Waals surface area contributed by atoms with E-state index in [1.54, 1.807) is 0 Å². The van der Waals surface area contributed by atoms with Gasteiger partial charge in [0.15, 0.2) is 6.10 Å². The van der Waals surface area contributed by atoms with Crippen LogP contribution in [0, 0.1) is 0 Å². The molecule has 0 amide bonds. The first-order valence-electron chi connectivity index (χ1n) is 21.1. The van der Waals surface area contributed by atoms with Crippen LogP contribution < -0.4 is 0 Å². The van der Waals surface area contributed by atoms with E-state index in [1.807, 2.05) is 12.2 Å². The number of carbonyl (C=O) groups excluding carboxylic acids is 2. The van der Waals surface area contributed by atoms with Gasteiger partial charge in [0.2, 0.25) is 0 Å². The molecule has 0 fully saturated rings. The molecule has 3 atom stereocenters. The first-order valence-corrected chi connectivity index (χ1v) is 24.1. The summed E-state index contributed by atoms with van der Waals surface area (Å²) in [7, 11) is -9.70. The van der Waals surface area contributed by atoms with Crippen molar-refractivity contribution >= 4 is 27.6 Å². The Morgan fingerprint density at radius 2 is 0.983 bits per heavy atom. The number of phosphoric ester groups is 2. The van der Waals surface area contributed by atoms with Crippen molar-refractivity contribution in [3.8, 4) is 0 Å². The van der Waals surface area contributed by atoms with Crippen LogP contribution in [0.5, 0.6) is 0 Å². The van der Waals surface area contributed by atoms with E-state index in [1.165, 1.54) is 25.7 Å². The zero-order valence-corrected chi connectivity index (χ0v) is 36.6. The van der Waals surface area contributed by atoms with E-state index in [9.17, 15) is 28.7 Å². The lowest BCUT2D eigenvalue weighted by Gasteiger charge is -2.20. The maximum atomic E-state index is 12.6. The number of rotatable bonds is 40. The van der Waals surface area contributed by atoms with Crippen LogP contribution in [0.4, 0.5) is 0 Å². The average Bonchev–Trinajstić information content (AvgIpc) is 3.18. The van der Waals surface area contributed by atoms with Gasteiger partial charge in [-0.25, -0.2) is 9.13 Å². The van der Waals surface area contributed by atoms with Crippen molar-refractivity contribution in [2.45, 2.75) is 160 Å². The van der Waals surface area contributed by atoms with Crippen LogP contribution in [-0.4, -0.2) is 82.1 Å². The highest BCUT2D eigenvalue weighted by Gasteiger charge is 2.28. The first kappa shape index (κ1) is 55.8. The molecule has 0 saturated carbocycles. The Hall–Kier alpha value is -2.22. The molecule has 14 nitrogen and oxygen atoms in total. The summed E-state index contributed by atoms with van der Waals surface area (Å²) in [6, 6.07) is 0. The van der Waals surface area contributed by atoms with Crippen molar-refractivity contribution in [3.05, 3.63) is 60.8 Å². The Morgan fingerprint density at radius 3 is 1.55 bits per heavy atom. The Labute approximate surface area is 347 Å². The van der Waals surface area contributed by atoms with Crippen molar-refractivity contribution in [1.82, 2.24) is 0 Å². The highest BCUT2D eigenvalue weighted by Crippen LogP contribution is 2.43. The molecule has 0 aromatic carbocycles. The van der Waals surface area contributed by atoms with Crippen LogP contribution in [0.3, 0.4) is 0 Å². The van der Waals surface area contributed by atoms with Gasteiger partial charge >= 0.3 is 27.6 Å². The molecular formula is C42H74O14P2. The zero-order valence-electron chi connectivity index (χ0n) is 34.8. The summed E-state index contributed by atoms with van der Waals surface area (Å²) in [6.45, 7) is -0.339. The summed E-state index contributed by atoms with van der Waals surface area (Å²) in [4.78, 5) is 52.6. The average molecular weight is 865 g/mol. The maximum Gasteiger partial charge on any atom is 0.472 e. The summed E-state index contributed by atoms with van der Waals surface area (Å²) >= 11 is 0. The fourth-order valence-electron chi connectivity index (χ4n) is 5.20. The topological polar surface area (TPSA) is 216 Å². The van der Waals surface area contributed by atoms with Crippen molar-refractivity contribution in [1.29, 1.82) is 0 Å². The van der Waals surface area contributed by atoms with Gasteiger partial charge in [-0.3, -0.25) is 23.2 Å². The van der Waals surface area contributed by atoms with Gasteiger partial charge in [-0.15, -0.1) is 0 Å². The van der Waals surface area contributed by atoms with Crippen LogP contribution in [0.1, 0.15) is 148 Å². The molecule has 0 spiro atoms. The number of phosphoric acid groups is 2. The number of hydrogen-bond acceptors (Lipinski definition) is 11. The van der Waals surface area contributed by atoms with Crippen LogP contribution in [0.2, 0.25) is 0 Å². The number of esters is 2. The standard InChI is InChI=1S/C42H74O14P2/c1-2-3-4-5-6-7-8-14-18-21-24-27-30-33-42(46)56-40(38-55-58(50,51)54-36-39(44)35-53-57(47,48)49)37-52-41(45)32-29-26-23-20-17-15-12-10-9-11-13-16-19-22-25-28-31-34-43/h7-9,11-12,15-16,19-20,23,39-40,43-44H,2-6,10,13-14,17-18,21-22,24-38H2,1H3,(H,50,51)(H2,47,48,49)/b8-7-,11-9-,15-12-,19-16-,23-20-/t39-,40+/m0/s1. The van der Waals surface area contributed by atoms with Crippen molar-refractivity contribution in [2.75, 3.05) is 33.0 Å². The van der Waals surface area contributed by atoms with E-state index in [4.69, 9.17) is 28.9 Å². The van der Waals surface area contributed by atoms with Gasteiger partial charge in [-0.05, 0) is 83.5 Å². The van der Waals surface area contributed by atoms with Gasteiger partial charge in [-0.1, -0.05) is 113 Å². The molecule has 16 heteroatoms. The van der Waals surface area contributed by atoms with Crippen molar-refractivity contribution in [2.24, 2.45) is 0 Å². The molecule has 0 saturated heterocycles. The Bertz CT molecular complexity index is 1260. The molecule has 0 aromatic heterocycles. The molecule has 1 unspecified atom stereocenters. The van der Waals surface area contributed by atoms with Crippen LogP contribution in [0.25, 0.3) is 0 Å². The summed E-state index contributed by atoms with van der Waals surface area (Å²) in [5, 5.41) is 18.5. The molecule has 0 aliphatic rings. The van der Waals surface area contributed by atoms with Gasteiger partial charge in [0.25, 0.3) is 0 Å². The molecule has 0 heterocycles. The number of carbonyl (C=O) groups is 2. The third kappa shape index (κ3) is 41.9. The molecular weight excluding hydrogens is 790 g/mol. The lowest BCUT2D eigenvalue weighted by molar-refractivity contribution is -0.161. The lowest BCUT2D eigenvalue weighted by atomic mass is 10.1. The van der Waals surface area contributed by atoms with E-state index in [0.717, 1.165) is 83.5 Å². The van der Waals surface area contributed by atoms with E-state index in [0.29, 0.717) is 19.3 Å². The fourth-order valence-corrected chi connectivity index (χ4v) is 6.35. The third-order valence-corrected chi connectivity index (χ3v) is 9.86. The zero-order chi connectivity index (χ0) is 43.0. The molecule has 0 aliphatic carbocycles. The van der Waals surface area contributed by atoms with Crippen LogP contribution >= 0.6 is 15.6 Å². The predicted molar refractivity (Wildman–Crippen MR) is 227 cm³/mol. The molecule has 0 rings (SSSR count). The van der Waals surface area contributed by atoms with Crippen LogP contribution in [0.15, 0.2) is 60.8 Å². The van der Waals surface area contributed by atoms with Gasteiger partial charge < -0.3 is 34.4 Å². The second-order valence-corrected chi connectivity index (χ2v) is 16.7. The minimum atomic E-state index is -4.87. The predicted octanol–water partition coefficient (Wildman–Crippen LogP) is 9.42. The lowest BCUT2D eigenvalue weighted by Crippen LogP contribution is -2.30. The number of allylic oxidation sites excluding steroid dienone is 10. The Morgan fingerprint density at radius 1 is 0.534 bits per heavy atom. The number of ether oxygens (including phenoxy) is 2. The van der Waals surface area contributed by atoms with Crippen molar-refractivity contribution in [3.63, 3.8) is 0 Å². The molecule has 0 aliphatic heterocycles. The SMILES string of the molecule is CCCCCC/C=C\CCCCCCCC(=O)O[C@H](COC(=O)CCC/C=C\C/C=C\C/C=C\C/C=C\CCCCCO)COP(=O)(O)OC[C@@H](O)COP(=O)(O)O. The smallest absolute Gasteiger partial charge is 0.462 e. The largest absolute Gasteiger partial charge is 0.472 e. The summed E-state index contributed by atoms with van der Waals surface area (Å²) in [5.74, 6) is -1.13. The van der Waals surface area contributed by atoms with Crippen molar-refractivity contribution < 1.29 is 66.7 Å². The van der Waals surface area contributed by atoms with Crippen LogP contribution in [-0.2, 0) is 41.8 Å². The Kier molecular flexibility index (Phi) is 37.5. The second kappa shape index (κ2) is 38.9. The summed E-state index contributed by atoms with van der Waals surface area (Å²) in [5.41, 5.74) is 0. The molecule has 336 valence electrons. The number of unbranched alkanes of at least 4 members (excludes halogenated alkanes) is 13. The summed E-state index contributed by atoms with van der Waals surface area (Å²) < 4.78 is 47.6. The third-order valence-electron chi connectivity index (χ3n) is 8.42. The van der Waals surface area contributed by atoms with E-state index < -0.39 is 66.2 Å². The summed E-state index contributed by atoms with van der Waals surface area (Å²) in [6.07, 6.45) is 38.1. The van der Waals surface area contributed by atoms with Gasteiger partial charge in [-0.2, -0.15) is 0 Å². The number of hydrogen-bond donors (Lipinski definition) is 5. The monoisotopic (exact) mass is 864 g/mol. The van der Waals surface area contributed by atoms with Gasteiger partial charge in [0.05, 0.1) is 19.8 Å². The number of aliphatic hydroxyl groups excluding tert-OH is 2. The quantitative estimate of drug-likeness (QED) is 0.0168. The molecule has 0 radical (unpaired) electrons. The van der Waals surface area contributed by atoms with E-state index in [-0.39, 0.29) is 19.4 Å². The molecule has 0 bridgehead atoms. The normalized spacial score (nSPS) is 14.7. The fraction of sp³-hybridized carbons (Fsp3) is 0.714. The minimum absolute atomic E-state index is 0.102. The Balaban J connectivity index is 4.63. The highest BCUT2D eigenvalue weighted by molar-refractivity contribution is 7.47. The van der Waals surface area contributed by atoms with E-state index in [2.05, 4.69) is 64.6 Å². The van der Waals surface area contributed by atoms with Gasteiger partial charge in [0.1, 0.15) is 12.7 Å². The minimum Gasteiger partial charge on any atom is -0.462 e. The molecule has 58 heavy (non-hydrogen) atoms. The maximum absolute atomic E-state index is 12.6. The van der Waals surface area contributed by atoms with Gasteiger partial charge in [0, 0.05) is 19.4 Å². The molecule has 0 aromatic rings. The molecule has 5 N–H and O–H groups in total.